The highest BCUT2D eigenvalue weighted by molar-refractivity contribution is 6.31. The van der Waals surface area contributed by atoms with E-state index in [-0.39, 0.29) is 17.3 Å². The molecule has 9 heteroatoms. The average Bonchev–Trinajstić information content (AvgIpc) is 2.56. The first-order valence-corrected chi connectivity index (χ1v) is 8.28. The predicted octanol–water partition coefficient (Wildman–Crippen LogP) is 4.47. The number of alkyl halides is 3. The zero-order chi connectivity index (χ0) is 20.2. The molecule has 0 saturated heterocycles. The molecule has 0 aliphatic carbocycles. The van der Waals surface area contributed by atoms with Gasteiger partial charge in [-0.3, -0.25) is 15.1 Å². The molecule has 5 nitrogen and oxygen atoms in total. The van der Waals surface area contributed by atoms with Crippen molar-refractivity contribution in [1.29, 1.82) is 0 Å². The molecule has 0 aliphatic rings. The minimum absolute atomic E-state index is 0.0491. The molecule has 2 rings (SSSR count). The number of aryl methyl sites for hydroxylation is 1. The van der Waals surface area contributed by atoms with E-state index >= 15 is 0 Å². The third kappa shape index (κ3) is 5.19. The van der Waals surface area contributed by atoms with Gasteiger partial charge in [0.1, 0.15) is 5.92 Å². The number of alkyl carbamates (subject to hydrolysis) is 1. The van der Waals surface area contributed by atoms with Crippen molar-refractivity contribution in [3.05, 3.63) is 63.9 Å². The van der Waals surface area contributed by atoms with Crippen LogP contribution < -0.4 is 5.32 Å². The molecule has 0 spiro atoms. The number of nitrogens with one attached hydrogen (secondary N) is 1. The monoisotopic (exact) mass is 400 g/mol. The summed E-state index contributed by atoms with van der Waals surface area (Å²) in [6.07, 6.45) is -4.99. The van der Waals surface area contributed by atoms with Gasteiger partial charge in [-0.25, -0.2) is 4.79 Å². The van der Waals surface area contributed by atoms with Crippen LogP contribution in [0, 0.1) is 6.92 Å². The maximum absolute atomic E-state index is 12.9. The molecule has 0 radical (unpaired) electrons. The van der Waals surface area contributed by atoms with Crippen molar-refractivity contribution in [1.82, 2.24) is 10.3 Å². The topological polar surface area (TPSA) is 68.3 Å². The van der Waals surface area contributed by atoms with E-state index < -0.39 is 29.7 Å². The first kappa shape index (κ1) is 20.7. The number of halogens is 4. The number of hydrogen-bond acceptors (Lipinski definition) is 4. The molecule has 2 amide bonds. The number of carbonyl (C=O) groups is 2. The fourth-order valence-electron chi connectivity index (χ4n) is 2.44. The van der Waals surface area contributed by atoms with Gasteiger partial charge in [-0.2, -0.15) is 13.2 Å². The zero-order valence-corrected chi connectivity index (χ0v) is 15.2. The molecule has 2 aromatic rings. The van der Waals surface area contributed by atoms with Crippen LogP contribution in [0.5, 0.6) is 0 Å². The number of benzene rings is 1. The molecule has 1 N–H and O–H groups in total. The van der Waals surface area contributed by atoms with E-state index in [2.05, 4.69) is 9.72 Å². The highest BCUT2D eigenvalue weighted by Gasteiger charge is 2.34. The number of amides is 2. The molecular weight excluding hydrogens is 385 g/mol. The Bertz CT molecular complexity index is 856. The molecule has 1 atom stereocenters. The molecular formula is C18H16ClF3N2O3. The van der Waals surface area contributed by atoms with Crippen molar-refractivity contribution in [2.75, 3.05) is 6.61 Å². The van der Waals surface area contributed by atoms with Crippen molar-refractivity contribution < 1.29 is 27.5 Å². The lowest BCUT2D eigenvalue weighted by Gasteiger charge is -2.19. The van der Waals surface area contributed by atoms with Gasteiger partial charge in [-0.15, -0.1) is 0 Å². The van der Waals surface area contributed by atoms with E-state index in [0.717, 1.165) is 5.56 Å². The normalized spacial score (nSPS) is 12.4. The second-order valence-corrected chi connectivity index (χ2v) is 6.05. The number of nitrogens with zero attached hydrogens (tertiary/aromatic N) is 1. The highest BCUT2D eigenvalue weighted by Crippen LogP contribution is 2.35. The Labute approximate surface area is 158 Å². The molecule has 0 fully saturated rings. The number of carbonyl (C=O) groups excluding carboxylic acids is 2. The molecule has 27 heavy (non-hydrogen) atoms. The maximum atomic E-state index is 12.9. The van der Waals surface area contributed by atoms with Crippen molar-refractivity contribution in [3.8, 4) is 0 Å². The predicted molar refractivity (Wildman–Crippen MR) is 92.4 cm³/mol. The van der Waals surface area contributed by atoms with Gasteiger partial charge in [0.2, 0.25) is 5.91 Å². The van der Waals surface area contributed by atoms with Crippen LogP contribution in [0.3, 0.4) is 0 Å². The summed E-state index contributed by atoms with van der Waals surface area (Å²) < 4.78 is 43.2. The third-order valence-corrected chi connectivity index (χ3v) is 3.91. The van der Waals surface area contributed by atoms with Crippen LogP contribution in [0.1, 0.15) is 35.2 Å². The number of pyridine rings is 1. The van der Waals surface area contributed by atoms with Crippen LogP contribution in [0.15, 0.2) is 36.5 Å². The summed E-state index contributed by atoms with van der Waals surface area (Å²) in [6.45, 7) is 3.40. The van der Waals surface area contributed by atoms with Crippen molar-refractivity contribution >= 4 is 23.6 Å². The quantitative estimate of drug-likeness (QED) is 0.822. The van der Waals surface area contributed by atoms with Gasteiger partial charge < -0.3 is 4.74 Å². The second-order valence-electron chi connectivity index (χ2n) is 5.65. The molecule has 1 aromatic carbocycles. The van der Waals surface area contributed by atoms with Gasteiger partial charge in [-0.05, 0) is 25.5 Å². The molecule has 0 saturated carbocycles. The van der Waals surface area contributed by atoms with E-state index in [0.29, 0.717) is 17.8 Å². The van der Waals surface area contributed by atoms with Crippen LogP contribution in [0.4, 0.5) is 18.0 Å². The standard InChI is InChI=1S/C18H16ClF3N2O3/c1-3-27-17(26)24-16(25)14(11-6-4-5-10(2)7-11)15-13(19)8-12(9-23-15)18(20,21)22/h4-9,14H,3H2,1-2H3,(H,24,25,26). The Kier molecular flexibility index (Phi) is 6.43. The van der Waals surface area contributed by atoms with E-state index in [9.17, 15) is 22.8 Å². The lowest BCUT2D eigenvalue weighted by atomic mass is 9.92. The third-order valence-electron chi connectivity index (χ3n) is 3.61. The molecule has 1 aromatic heterocycles. The van der Waals surface area contributed by atoms with Gasteiger partial charge in [0.05, 0.1) is 22.9 Å². The lowest BCUT2D eigenvalue weighted by Crippen LogP contribution is -2.36. The summed E-state index contributed by atoms with van der Waals surface area (Å²) in [5, 5.41) is 1.71. The summed E-state index contributed by atoms with van der Waals surface area (Å²) in [7, 11) is 0. The Hall–Kier alpha value is -2.61. The first-order valence-electron chi connectivity index (χ1n) is 7.90. The molecule has 0 bridgehead atoms. The zero-order valence-electron chi connectivity index (χ0n) is 14.4. The van der Waals surface area contributed by atoms with Crippen molar-refractivity contribution in [3.63, 3.8) is 0 Å². The minimum Gasteiger partial charge on any atom is -0.450 e. The minimum atomic E-state index is -4.62. The lowest BCUT2D eigenvalue weighted by molar-refractivity contribution is -0.137. The smallest absolute Gasteiger partial charge is 0.417 e. The van der Waals surface area contributed by atoms with Crippen LogP contribution in [0.2, 0.25) is 5.02 Å². The summed E-state index contributed by atoms with van der Waals surface area (Å²) in [4.78, 5) is 28.0. The fraction of sp³-hybridized carbons (Fsp3) is 0.278. The Balaban J connectivity index is 2.50. The molecule has 1 heterocycles. The number of ether oxygens (including phenoxy) is 1. The molecule has 144 valence electrons. The summed E-state index contributed by atoms with van der Waals surface area (Å²) >= 11 is 6.00. The number of aromatic nitrogens is 1. The van der Waals surface area contributed by atoms with Gasteiger partial charge in [0, 0.05) is 6.20 Å². The largest absolute Gasteiger partial charge is 0.450 e. The van der Waals surface area contributed by atoms with E-state index in [4.69, 9.17) is 11.6 Å². The van der Waals surface area contributed by atoms with Crippen LogP contribution in [-0.4, -0.2) is 23.6 Å². The second kappa shape index (κ2) is 8.39. The van der Waals surface area contributed by atoms with Gasteiger partial charge >= 0.3 is 12.3 Å². The van der Waals surface area contributed by atoms with E-state index in [1.54, 1.807) is 38.1 Å². The highest BCUT2D eigenvalue weighted by atomic mass is 35.5. The Morgan fingerprint density at radius 1 is 1.30 bits per heavy atom. The van der Waals surface area contributed by atoms with E-state index in [1.807, 2.05) is 5.32 Å². The summed E-state index contributed by atoms with van der Waals surface area (Å²) in [6, 6.07) is 7.41. The van der Waals surface area contributed by atoms with Crippen molar-refractivity contribution in [2.45, 2.75) is 25.9 Å². The number of imide groups is 1. The fourth-order valence-corrected chi connectivity index (χ4v) is 2.71. The molecule has 0 aliphatic heterocycles. The van der Waals surface area contributed by atoms with Crippen molar-refractivity contribution in [2.24, 2.45) is 0 Å². The van der Waals surface area contributed by atoms with Gasteiger partial charge in [0.25, 0.3) is 0 Å². The molecule has 1 unspecified atom stereocenters. The summed E-state index contributed by atoms with van der Waals surface area (Å²) in [5.74, 6) is -2.00. The maximum Gasteiger partial charge on any atom is 0.417 e. The number of rotatable bonds is 4. The Morgan fingerprint density at radius 2 is 2.00 bits per heavy atom. The van der Waals surface area contributed by atoms with Gasteiger partial charge in [-0.1, -0.05) is 41.4 Å². The number of hydrogen-bond donors (Lipinski definition) is 1. The van der Waals surface area contributed by atoms with Crippen LogP contribution in [-0.2, 0) is 15.7 Å². The van der Waals surface area contributed by atoms with E-state index in [1.165, 1.54) is 0 Å². The van der Waals surface area contributed by atoms with Crippen LogP contribution >= 0.6 is 11.6 Å². The summed E-state index contributed by atoms with van der Waals surface area (Å²) in [5.41, 5.74) is 0.0949. The van der Waals surface area contributed by atoms with Gasteiger partial charge in [0.15, 0.2) is 0 Å². The SMILES string of the molecule is CCOC(=O)NC(=O)C(c1cccc(C)c1)c1ncc(C(F)(F)F)cc1Cl. The Morgan fingerprint density at radius 3 is 2.56 bits per heavy atom. The average molecular weight is 401 g/mol. The van der Waals surface area contributed by atoms with Crippen LogP contribution in [0.25, 0.3) is 0 Å². The first-order chi connectivity index (χ1) is 12.6.